The van der Waals surface area contributed by atoms with Gasteiger partial charge in [0.05, 0.1) is 4.47 Å². The lowest BCUT2D eigenvalue weighted by atomic mass is 10.2. The molecule has 0 amide bonds. The molecule has 20 heavy (non-hydrogen) atoms. The minimum absolute atomic E-state index is 0.374. The van der Waals surface area contributed by atoms with Gasteiger partial charge in [0, 0.05) is 25.0 Å². The van der Waals surface area contributed by atoms with Gasteiger partial charge in [-0.05, 0) is 52.5 Å². The molecule has 0 atom stereocenters. The topological polar surface area (TPSA) is 47.0 Å². The number of halogens is 1. The van der Waals surface area contributed by atoms with Crippen molar-refractivity contribution in [3.63, 3.8) is 0 Å². The van der Waals surface area contributed by atoms with E-state index >= 15 is 0 Å². The second-order valence-electron chi connectivity index (χ2n) is 4.87. The summed E-state index contributed by atoms with van der Waals surface area (Å²) in [6.45, 7) is 1.28. The van der Waals surface area contributed by atoms with E-state index in [9.17, 15) is 0 Å². The number of ether oxygens (including phenoxy) is 1. The van der Waals surface area contributed by atoms with Crippen LogP contribution in [0.5, 0.6) is 5.75 Å². The normalized spacial score (nSPS) is 14.2. The van der Waals surface area contributed by atoms with Gasteiger partial charge in [0.15, 0.2) is 5.82 Å². The van der Waals surface area contributed by atoms with Crippen LogP contribution in [-0.4, -0.2) is 16.0 Å². The van der Waals surface area contributed by atoms with Crippen molar-refractivity contribution >= 4 is 15.9 Å². The Labute approximate surface area is 126 Å². The fourth-order valence-corrected chi connectivity index (χ4v) is 2.41. The van der Waals surface area contributed by atoms with Crippen LogP contribution in [0.3, 0.4) is 0 Å². The van der Waals surface area contributed by atoms with E-state index in [1.54, 1.807) is 18.5 Å². The number of nitrogens with zero attached hydrogens (tertiary/aromatic N) is 2. The average Bonchev–Trinajstić information content (AvgIpc) is 3.29. The SMILES string of the molecule is Brc1cc(CNC2CC2)ccc1OCc1ncccn1. The summed E-state index contributed by atoms with van der Waals surface area (Å²) in [5.41, 5.74) is 1.26. The fraction of sp³-hybridized carbons (Fsp3) is 0.333. The molecule has 5 heteroatoms. The Morgan fingerprint density at radius 3 is 2.75 bits per heavy atom. The maximum atomic E-state index is 5.72. The van der Waals surface area contributed by atoms with Gasteiger partial charge in [0.2, 0.25) is 0 Å². The van der Waals surface area contributed by atoms with Crippen molar-refractivity contribution in [3.05, 3.63) is 52.5 Å². The third kappa shape index (κ3) is 3.77. The molecule has 1 fully saturated rings. The van der Waals surface area contributed by atoms with E-state index in [1.165, 1.54) is 18.4 Å². The molecule has 1 aromatic heterocycles. The molecule has 4 nitrogen and oxygen atoms in total. The number of hydrogen-bond acceptors (Lipinski definition) is 4. The number of rotatable bonds is 6. The lowest BCUT2D eigenvalue weighted by Crippen LogP contribution is -2.15. The van der Waals surface area contributed by atoms with Gasteiger partial charge in [-0.15, -0.1) is 0 Å². The summed E-state index contributed by atoms with van der Waals surface area (Å²) in [4.78, 5) is 8.27. The maximum absolute atomic E-state index is 5.72. The van der Waals surface area contributed by atoms with Crippen molar-refractivity contribution in [2.24, 2.45) is 0 Å². The van der Waals surface area contributed by atoms with Gasteiger partial charge in [0.25, 0.3) is 0 Å². The van der Waals surface area contributed by atoms with Crippen molar-refractivity contribution < 1.29 is 4.74 Å². The van der Waals surface area contributed by atoms with Crippen LogP contribution < -0.4 is 10.1 Å². The van der Waals surface area contributed by atoms with E-state index < -0.39 is 0 Å². The molecule has 1 aliphatic rings. The molecule has 1 aromatic carbocycles. The van der Waals surface area contributed by atoms with Crippen LogP contribution in [0.15, 0.2) is 41.1 Å². The van der Waals surface area contributed by atoms with Gasteiger partial charge in [-0.2, -0.15) is 0 Å². The predicted molar refractivity (Wildman–Crippen MR) is 80.4 cm³/mol. The molecule has 2 aromatic rings. The van der Waals surface area contributed by atoms with E-state index in [0.717, 1.165) is 22.8 Å². The molecule has 0 spiro atoms. The molecule has 0 bridgehead atoms. The van der Waals surface area contributed by atoms with Crippen LogP contribution in [0.1, 0.15) is 24.2 Å². The van der Waals surface area contributed by atoms with Gasteiger partial charge in [-0.25, -0.2) is 9.97 Å². The van der Waals surface area contributed by atoms with Crippen molar-refractivity contribution in [1.29, 1.82) is 0 Å². The molecule has 1 heterocycles. The molecule has 0 aliphatic heterocycles. The largest absolute Gasteiger partial charge is 0.484 e. The van der Waals surface area contributed by atoms with Crippen molar-refractivity contribution in [1.82, 2.24) is 15.3 Å². The molecule has 1 saturated carbocycles. The Kier molecular flexibility index (Phi) is 4.28. The lowest BCUT2D eigenvalue weighted by molar-refractivity contribution is 0.294. The quantitative estimate of drug-likeness (QED) is 0.882. The first kappa shape index (κ1) is 13.5. The highest BCUT2D eigenvalue weighted by atomic mass is 79.9. The van der Waals surface area contributed by atoms with Gasteiger partial charge >= 0.3 is 0 Å². The second kappa shape index (κ2) is 6.33. The molecule has 1 N–H and O–H groups in total. The van der Waals surface area contributed by atoms with Crippen LogP contribution >= 0.6 is 15.9 Å². The van der Waals surface area contributed by atoms with Crippen LogP contribution in [0.4, 0.5) is 0 Å². The first-order valence-corrected chi connectivity index (χ1v) is 7.51. The second-order valence-corrected chi connectivity index (χ2v) is 5.73. The first-order chi connectivity index (χ1) is 9.81. The minimum Gasteiger partial charge on any atom is -0.484 e. The smallest absolute Gasteiger partial charge is 0.166 e. The molecular formula is C15H16BrN3O. The van der Waals surface area contributed by atoms with E-state index in [-0.39, 0.29) is 0 Å². The molecule has 1 aliphatic carbocycles. The monoisotopic (exact) mass is 333 g/mol. The standard InChI is InChI=1S/C15H16BrN3O/c16-13-8-11(9-19-12-3-4-12)2-5-14(13)20-10-15-17-6-1-7-18-15/h1-2,5-8,12,19H,3-4,9-10H2. The van der Waals surface area contributed by atoms with E-state index in [4.69, 9.17) is 4.74 Å². The Morgan fingerprint density at radius 1 is 1.25 bits per heavy atom. The molecule has 104 valence electrons. The Hall–Kier alpha value is -1.46. The lowest BCUT2D eigenvalue weighted by Gasteiger charge is -2.09. The minimum atomic E-state index is 0.374. The highest BCUT2D eigenvalue weighted by Crippen LogP contribution is 2.27. The van der Waals surface area contributed by atoms with Crippen molar-refractivity contribution in [3.8, 4) is 5.75 Å². The number of nitrogens with one attached hydrogen (secondary N) is 1. The molecule has 0 saturated heterocycles. The first-order valence-electron chi connectivity index (χ1n) is 6.72. The number of benzene rings is 1. The van der Waals surface area contributed by atoms with Crippen molar-refractivity contribution in [2.45, 2.75) is 32.0 Å². The Morgan fingerprint density at radius 2 is 2.05 bits per heavy atom. The summed E-state index contributed by atoms with van der Waals surface area (Å²) in [7, 11) is 0. The number of hydrogen-bond donors (Lipinski definition) is 1. The maximum Gasteiger partial charge on any atom is 0.166 e. The molecule has 0 radical (unpaired) electrons. The van der Waals surface area contributed by atoms with E-state index in [0.29, 0.717) is 12.4 Å². The Balaban J connectivity index is 1.58. The van der Waals surface area contributed by atoms with Gasteiger partial charge in [-0.3, -0.25) is 0 Å². The third-order valence-corrected chi connectivity index (χ3v) is 3.76. The zero-order valence-corrected chi connectivity index (χ0v) is 12.6. The summed E-state index contributed by atoms with van der Waals surface area (Å²) in [5, 5.41) is 3.50. The average molecular weight is 334 g/mol. The predicted octanol–water partition coefficient (Wildman–Crippen LogP) is 3.07. The van der Waals surface area contributed by atoms with E-state index in [1.807, 2.05) is 6.07 Å². The summed E-state index contributed by atoms with van der Waals surface area (Å²) in [6, 6.07) is 8.68. The molecular weight excluding hydrogens is 318 g/mol. The summed E-state index contributed by atoms with van der Waals surface area (Å²) < 4.78 is 6.69. The highest BCUT2D eigenvalue weighted by Gasteiger charge is 2.20. The van der Waals surface area contributed by atoms with Gasteiger partial charge in [-0.1, -0.05) is 6.07 Å². The van der Waals surface area contributed by atoms with Crippen LogP contribution in [-0.2, 0) is 13.2 Å². The zero-order chi connectivity index (χ0) is 13.8. The number of aromatic nitrogens is 2. The van der Waals surface area contributed by atoms with Crippen LogP contribution in [0, 0.1) is 0 Å². The molecule has 0 unspecified atom stereocenters. The molecule has 3 rings (SSSR count). The summed E-state index contributed by atoms with van der Waals surface area (Å²) in [6.07, 6.45) is 6.04. The summed E-state index contributed by atoms with van der Waals surface area (Å²) >= 11 is 3.55. The van der Waals surface area contributed by atoms with Crippen LogP contribution in [0.25, 0.3) is 0 Å². The van der Waals surface area contributed by atoms with E-state index in [2.05, 4.69) is 43.3 Å². The van der Waals surface area contributed by atoms with Crippen molar-refractivity contribution in [2.75, 3.05) is 0 Å². The summed E-state index contributed by atoms with van der Waals surface area (Å²) in [5.74, 6) is 1.49. The van der Waals surface area contributed by atoms with Gasteiger partial charge in [0.1, 0.15) is 12.4 Å². The third-order valence-electron chi connectivity index (χ3n) is 3.14. The van der Waals surface area contributed by atoms with Crippen LogP contribution in [0.2, 0.25) is 0 Å². The Bertz CT molecular complexity index is 573. The van der Waals surface area contributed by atoms with Gasteiger partial charge < -0.3 is 10.1 Å². The highest BCUT2D eigenvalue weighted by molar-refractivity contribution is 9.10. The zero-order valence-electron chi connectivity index (χ0n) is 11.1. The fourth-order valence-electron chi connectivity index (χ4n) is 1.87.